The van der Waals surface area contributed by atoms with Gasteiger partial charge in [-0.15, -0.1) is 0 Å². The molecule has 4 heteroatoms. The number of hydrogen-bond acceptors (Lipinski definition) is 3. The van der Waals surface area contributed by atoms with Gasteiger partial charge >= 0.3 is 0 Å². The van der Waals surface area contributed by atoms with E-state index >= 15 is 0 Å². The molecular formula is C14H27NO2S. The molecule has 0 spiro atoms. The lowest BCUT2D eigenvalue weighted by Gasteiger charge is -2.29. The van der Waals surface area contributed by atoms with Crippen LogP contribution in [0.25, 0.3) is 0 Å². The van der Waals surface area contributed by atoms with E-state index in [-0.39, 0.29) is 5.41 Å². The van der Waals surface area contributed by atoms with Gasteiger partial charge in [0.1, 0.15) is 0 Å². The van der Waals surface area contributed by atoms with Gasteiger partial charge in [0.05, 0.1) is 17.2 Å². The summed E-state index contributed by atoms with van der Waals surface area (Å²) in [6.45, 7) is 4.99. The van der Waals surface area contributed by atoms with Crippen molar-refractivity contribution < 1.29 is 9.47 Å². The first-order valence-electron chi connectivity index (χ1n) is 6.90. The molecular weight excluding hydrogens is 246 g/mol. The number of nitrogens with two attached hydrogens (primary N) is 1. The molecule has 1 rings (SSSR count). The minimum absolute atomic E-state index is 0.0552. The second-order valence-corrected chi connectivity index (χ2v) is 6.31. The monoisotopic (exact) mass is 273 g/mol. The van der Waals surface area contributed by atoms with Gasteiger partial charge in [-0.05, 0) is 38.5 Å². The molecule has 106 valence electrons. The predicted octanol–water partition coefficient (Wildman–Crippen LogP) is 3.05. The Balaban J connectivity index is 2.16. The van der Waals surface area contributed by atoms with E-state index in [2.05, 4.69) is 13.8 Å². The molecule has 18 heavy (non-hydrogen) atoms. The number of rotatable bonds is 7. The summed E-state index contributed by atoms with van der Waals surface area (Å²) in [5, 5.41) is 0. The summed E-state index contributed by atoms with van der Waals surface area (Å²) in [7, 11) is 1.79. The molecule has 0 heterocycles. The van der Waals surface area contributed by atoms with E-state index in [1.807, 2.05) is 0 Å². The van der Waals surface area contributed by atoms with Crippen molar-refractivity contribution in [2.75, 3.05) is 13.7 Å². The Hall–Kier alpha value is -0.190. The minimum Gasteiger partial charge on any atom is -0.393 e. The van der Waals surface area contributed by atoms with E-state index in [4.69, 9.17) is 27.4 Å². The minimum atomic E-state index is -0.0552. The number of methoxy groups -OCH3 is 1. The van der Waals surface area contributed by atoms with Crippen molar-refractivity contribution in [2.45, 2.75) is 64.6 Å². The third-order valence-electron chi connectivity index (χ3n) is 3.88. The highest BCUT2D eigenvalue weighted by atomic mass is 32.1. The summed E-state index contributed by atoms with van der Waals surface area (Å²) in [6, 6.07) is 0. The first-order valence-corrected chi connectivity index (χ1v) is 7.31. The maximum atomic E-state index is 5.93. The third-order valence-corrected chi connectivity index (χ3v) is 4.43. The van der Waals surface area contributed by atoms with Crippen LogP contribution in [0.3, 0.4) is 0 Å². The Morgan fingerprint density at radius 1 is 1.33 bits per heavy atom. The molecule has 0 aromatic heterocycles. The highest BCUT2D eigenvalue weighted by Gasteiger charge is 2.23. The van der Waals surface area contributed by atoms with E-state index in [0.717, 1.165) is 25.9 Å². The smallest absolute Gasteiger partial charge is 0.0784 e. The molecule has 0 amide bonds. The molecule has 0 aliphatic heterocycles. The molecule has 0 aromatic rings. The van der Waals surface area contributed by atoms with E-state index < -0.39 is 0 Å². The van der Waals surface area contributed by atoms with Crippen molar-refractivity contribution in [3.63, 3.8) is 0 Å². The Kier molecular flexibility index (Phi) is 6.53. The first-order chi connectivity index (χ1) is 8.45. The zero-order valence-electron chi connectivity index (χ0n) is 11.9. The van der Waals surface area contributed by atoms with Crippen molar-refractivity contribution in [2.24, 2.45) is 11.1 Å². The predicted molar refractivity (Wildman–Crippen MR) is 78.8 cm³/mol. The van der Waals surface area contributed by atoms with Gasteiger partial charge in [-0.2, -0.15) is 0 Å². The lowest BCUT2D eigenvalue weighted by Crippen LogP contribution is -2.30. The van der Waals surface area contributed by atoms with Gasteiger partial charge in [0, 0.05) is 19.1 Å². The van der Waals surface area contributed by atoms with Crippen LogP contribution in [0, 0.1) is 5.41 Å². The highest BCUT2D eigenvalue weighted by molar-refractivity contribution is 7.80. The standard InChI is InChI=1S/C14H27NO2S/c1-14(2,13(15)18)8-5-9-17-12-7-4-6-11(10-12)16-3/h11-12H,4-10H2,1-3H3,(H2,15,18). The SMILES string of the molecule is COC1CCCC(OCCCC(C)(C)C(N)=S)C1. The van der Waals surface area contributed by atoms with E-state index in [0.29, 0.717) is 17.2 Å². The third kappa shape index (κ3) is 5.21. The summed E-state index contributed by atoms with van der Waals surface area (Å²) < 4.78 is 11.3. The topological polar surface area (TPSA) is 44.5 Å². The van der Waals surface area contributed by atoms with Gasteiger partial charge in [-0.3, -0.25) is 0 Å². The van der Waals surface area contributed by atoms with E-state index in [1.54, 1.807) is 7.11 Å². The molecule has 0 aromatic carbocycles. The Morgan fingerprint density at radius 3 is 2.61 bits per heavy atom. The van der Waals surface area contributed by atoms with Gasteiger partial charge in [0.15, 0.2) is 0 Å². The fourth-order valence-corrected chi connectivity index (χ4v) is 2.46. The Bertz CT molecular complexity index is 269. The van der Waals surface area contributed by atoms with Crippen molar-refractivity contribution in [3.05, 3.63) is 0 Å². The Labute approximate surface area is 116 Å². The molecule has 2 N–H and O–H groups in total. The second-order valence-electron chi connectivity index (χ2n) is 5.87. The lowest BCUT2D eigenvalue weighted by molar-refractivity contribution is -0.0310. The zero-order valence-corrected chi connectivity index (χ0v) is 12.7. The van der Waals surface area contributed by atoms with Crippen LogP contribution in [0.1, 0.15) is 52.4 Å². The summed E-state index contributed by atoms with van der Waals surface area (Å²) >= 11 is 5.06. The van der Waals surface area contributed by atoms with Gasteiger partial charge in [0.25, 0.3) is 0 Å². The van der Waals surface area contributed by atoms with Crippen molar-refractivity contribution in [1.29, 1.82) is 0 Å². The van der Waals surface area contributed by atoms with Crippen LogP contribution in [-0.4, -0.2) is 30.9 Å². The summed E-state index contributed by atoms with van der Waals surface area (Å²) in [5.74, 6) is 0. The average Bonchev–Trinajstić information content (AvgIpc) is 2.35. The zero-order chi connectivity index (χ0) is 13.6. The molecule has 2 atom stereocenters. The van der Waals surface area contributed by atoms with E-state index in [1.165, 1.54) is 19.3 Å². The van der Waals surface area contributed by atoms with Crippen LogP contribution in [-0.2, 0) is 9.47 Å². The van der Waals surface area contributed by atoms with Crippen molar-refractivity contribution in [3.8, 4) is 0 Å². The quantitative estimate of drug-likeness (QED) is 0.572. The van der Waals surface area contributed by atoms with Crippen molar-refractivity contribution >= 4 is 17.2 Å². The molecule has 1 aliphatic rings. The van der Waals surface area contributed by atoms with Crippen LogP contribution in [0.2, 0.25) is 0 Å². The fourth-order valence-electron chi connectivity index (χ4n) is 2.35. The molecule has 1 fully saturated rings. The number of hydrogen-bond donors (Lipinski definition) is 1. The van der Waals surface area contributed by atoms with Crippen LogP contribution >= 0.6 is 12.2 Å². The summed E-state index contributed by atoms with van der Waals surface area (Å²) in [5.41, 5.74) is 5.65. The molecule has 2 unspecified atom stereocenters. The van der Waals surface area contributed by atoms with Gasteiger partial charge in [0.2, 0.25) is 0 Å². The molecule has 0 bridgehead atoms. The van der Waals surface area contributed by atoms with Gasteiger partial charge in [-0.25, -0.2) is 0 Å². The molecule has 0 radical (unpaired) electrons. The lowest BCUT2D eigenvalue weighted by atomic mass is 9.88. The molecule has 3 nitrogen and oxygen atoms in total. The fraction of sp³-hybridized carbons (Fsp3) is 0.929. The Morgan fingerprint density at radius 2 is 2.00 bits per heavy atom. The summed E-state index contributed by atoms with van der Waals surface area (Å²) in [6.07, 6.45) is 7.34. The molecule has 0 saturated heterocycles. The van der Waals surface area contributed by atoms with E-state index in [9.17, 15) is 0 Å². The van der Waals surface area contributed by atoms with Gasteiger partial charge in [-0.1, -0.05) is 26.1 Å². The summed E-state index contributed by atoms with van der Waals surface area (Å²) in [4.78, 5) is 0.597. The maximum Gasteiger partial charge on any atom is 0.0784 e. The first kappa shape index (κ1) is 15.9. The van der Waals surface area contributed by atoms with Crippen LogP contribution in [0.5, 0.6) is 0 Å². The highest BCUT2D eigenvalue weighted by Crippen LogP contribution is 2.25. The van der Waals surface area contributed by atoms with Crippen LogP contribution < -0.4 is 5.73 Å². The maximum absolute atomic E-state index is 5.93. The number of ether oxygens (including phenoxy) is 2. The average molecular weight is 273 g/mol. The normalized spacial score (nSPS) is 25.1. The second kappa shape index (κ2) is 7.41. The molecule has 1 saturated carbocycles. The van der Waals surface area contributed by atoms with Gasteiger partial charge < -0.3 is 15.2 Å². The largest absolute Gasteiger partial charge is 0.393 e. The van der Waals surface area contributed by atoms with Crippen LogP contribution in [0.4, 0.5) is 0 Å². The number of thiocarbonyl (C=S) groups is 1. The van der Waals surface area contributed by atoms with Crippen LogP contribution in [0.15, 0.2) is 0 Å². The van der Waals surface area contributed by atoms with Crippen molar-refractivity contribution in [1.82, 2.24) is 0 Å². The molecule has 1 aliphatic carbocycles.